The Hall–Kier alpha value is -1.82. The van der Waals surface area contributed by atoms with E-state index in [4.69, 9.17) is 6.58 Å². The van der Waals surface area contributed by atoms with Gasteiger partial charge in [-0.25, -0.2) is 0 Å². The van der Waals surface area contributed by atoms with Crippen LogP contribution in [0.2, 0.25) is 0 Å². The van der Waals surface area contributed by atoms with Gasteiger partial charge in [0.1, 0.15) is 0 Å². The number of hydrogen-bond acceptors (Lipinski definition) is 0. The first-order valence-electron chi connectivity index (χ1n) is 4.91. The lowest BCUT2D eigenvalue weighted by atomic mass is 10.3. The fourth-order valence-electron chi connectivity index (χ4n) is 0.753. The van der Waals surface area contributed by atoms with E-state index < -0.39 is 0 Å². The first-order chi connectivity index (χ1) is 7.41. The van der Waals surface area contributed by atoms with Gasteiger partial charge >= 0.3 is 0 Å². The van der Waals surface area contributed by atoms with Crippen molar-refractivity contribution < 1.29 is 0 Å². The quantitative estimate of drug-likeness (QED) is 0.556. The van der Waals surface area contributed by atoms with Crippen molar-refractivity contribution in [2.75, 3.05) is 0 Å². The maximum absolute atomic E-state index is 5.16. The number of rotatable bonds is 6. The molecule has 0 bridgehead atoms. The molecule has 0 saturated heterocycles. The Labute approximate surface area is 93.0 Å². The molecule has 0 atom stereocenters. The minimum absolute atomic E-state index is 1.50. The van der Waals surface area contributed by atoms with Gasteiger partial charge in [-0.3, -0.25) is 0 Å². The van der Waals surface area contributed by atoms with E-state index in [1.54, 1.807) is 6.08 Å². The zero-order valence-electron chi connectivity index (χ0n) is 9.08. The average molecular weight is 197 g/mol. The first kappa shape index (κ1) is 13.2. The molecule has 0 heteroatoms. The second-order valence-corrected chi connectivity index (χ2v) is 2.64. The van der Waals surface area contributed by atoms with Crippen LogP contribution in [0.15, 0.2) is 79.0 Å². The van der Waals surface area contributed by atoms with Gasteiger partial charge < -0.3 is 0 Å². The molecule has 0 nitrogen and oxygen atoms in total. The second kappa shape index (κ2) is 12.2. The van der Waals surface area contributed by atoms with Gasteiger partial charge in [-0.2, -0.15) is 0 Å². The summed E-state index contributed by atoms with van der Waals surface area (Å²) in [5.41, 5.74) is 0. The molecule has 1 radical (unpaired) electrons. The van der Waals surface area contributed by atoms with Crippen LogP contribution < -0.4 is 0 Å². The third-order valence-corrected chi connectivity index (χ3v) is 1.41. The molecule has 0 unspecified atom stereocenters. The molecule has 0 aliphatic carbocycles. The minimum Gasteiger partial charge on any atom is -0.0877 e. The van der Waals surface area contributed by atoms with Gasteiger partial charge in [-0.15, -0.1) is 0 Å². The molecule has 0 aliphatic heterocycles. The maximum Gasteiger partial charge on any atom is -0.0467 e. The van der Waals surface area contributed by atoms with Crippen LogP contribution in [-0.2, 0) is 0 Å². The molecule has 0 amide bonds. The van der Waals surface area contributed by atoms with E-state index in [-0.39, 0.29) is 0 Å². The summed E-state index contributed by atoms with van der Waals surface area (Å²) in [5, 5.41) is 0. The van der Waals surface area contributed by atoms with Crippen LogP contribution in [-0.4, -0.2) is 0 Å². The Balaban J connectivity index is 3.74. The normalized spacial score (nSPS) is 13.7. The van der Waals surface area contributed by atoms with Gasteiger partial charge in [0, 0.05) is 0 Å². The van der Waals surface area contributed by atoms with Crippen LogP contribution in [0.5, 0.6) is 0 Å². The molecule has 0 saturated carbocycles. The van der Waals surface area contributed by atoms with Crippen molar-refractivity contribution in [3.05, 3.63) is 85.6 Å². The van der Waals surface area contributed by atoms with E-state index in [9.17, 15) is 0 Å². The van der Waals surface area contributed by atoms with E-state index in [0.717, 1.165) is 0 Å². The van der Waals surface area contributed by atoms with Crippen LogP contribution in [0.1, 0.15) is 6.92 Å². The highest BCUT2D eigenvalue weighted by molar-refractivity contribution is 5.19. The summed E-state index contributed by atoms with van der Waals surface area (Å²) < 4.78 is 0. The lowest BCUT2D eigenvalue weighted by Crippen LogP contribution is -1.52. The summed E-state index contributed by atoms with van der Waals surface area (Å²) in [6, 6.07) is 0. The van der Waals surface area contributed by atoms with Crippen LogP contribution >= 0.6 is 0 Å². The number of allylic oxidation sites excluding steroid dienone is 13. The first-order valence-corrected chi connectivity index (χ1v) is 4.91. The fraction of sp³-hybridized carbons (Fsp3) is 0.0667. The van der Waals surface area contributed by atoms with Gasteiger partial charge in [-0.05, 0) is 6.92 Å². The lowest BCUT2D eigenvalue weighted by molar-refractivity contribution is 1.73. The van der Waals surface area contributed by atoms with Crippen molar-refractivity contribution >= 4 is 0 Å². The zero-order valence-corrected chi connectivity index (χ0v) is 9.08. The largest absolute Gasteiger partial charge is 0.0877 e. The second-order valence-electron chi connectivity index (χ2n) is 2.64. The lowest BCUT2D eigenvalue weighted by Gasteiger charge is -1.74. The molecule has 0 rings (SSSR count). The van der Waals surface area contributed by atoms with Crippen molar-refractivity contribution in [3.63, 3.8) is 0 Å². The zero-order chi connectivity index (χ0) is 11.2. The summed E-state index contributed by atoms with van der Waals surface area (Å²) >= 11 is 0. The van der Waals surface area contributed by atoms with Crippen molar-refractivity contribution in [3.8, 4) is 0 Å². The van der Waals surface area contributed by atoms with Crippen molar-refractivity contribution in [2.45, 2.75) is 6.92 Å². The minimum atomic E-state index is 1.50. The molecule has 0 heterocycles. The van der Waals surface area contributed by atoms with Crippen LogP contribution in [0, 0.1) is 6.58 Å². The topological polar surface area (TPSA) is 0 Å². The van der Waals surface area contributed by atoms with Gasteiger partial charge in [0.2, 0.25) is 0 Å². The van der Waals surface area contributed by atoms with Crippen LogP contribution in [0.3, 0.4) is 0 Å². The monoisotopic (exact) mass is 197 g/mol. The van der Waals surface area contributed by atoms with E-state index in [2.05, 4.69) is 0 Å². The highest BCUT2D eigenvalue weighted by atomic mass is 13.7. The predicted molar refractivity (Wildman–Crippen MR) is 69.4 cm³/mol. The standard InChI is InChI=1S/C15H17/c1-3-5-7-9-11-13-15-14-12-10-8-6-4-2/h1,3-15H,2H3/b3-1?,6-4+,7-5+,10-8+,11-9+,14-12+,15-13+. The molecule has 0 spiro atoms. The summed E-state index contributed by atoms with van der Waals surface area (Å²) in [5.74, 6) is 0. The van der Waals surface area contributed by atoms with Gasteiger partial charge in [0.25, 0.3) is 0 Å². The van der Waals surface area contributed by atoms with Crippen LogP contribution in [0.4, 0.5) is 0 Å². The number of hydrogen-bond donors (Lipinski definition) is 0. The average Bonchev–Trinajstić information content (AvgIpc) is 2.26. The van der Waals surface area contributed by atoms with Gasteiger partial charge in [0.05, 0.1) is 0 Å². The fourth-order valence-corrected chi connectivity index (χ4v) is 0.753. The molecule has 0 aromatic rings. The highest BCUT2D eigenvalue weighted by Crippen LogP contribution is 1.84. The van der Waals surface area contributed by atoms with Gasteiger partial charge in [-0.1, -0.05) is 85.6 Å². The molecule has 0 aliphatic rings. The Morgan fingerprint density at radius 1 is 0.533 bits per heavy atom. The predicted octanol–water partition coefficient (Wildman–Crippen LogP) is 4.33. The third-order valence-electron chi connectivity index (χ3n) is 1.41. The third kappa shape index (κ3) is 12.2. The molecule has 0 fully saturated rings. The Kier molecular flexibility index (Phi) is 10.7. The Morgan fingerprint density at radius 2 is 0.867 bits per heavy atom. The Morgan fingerprint density at radius 3 is 1.20 bits per heavy atom. The molecule has 0 aromatic carbocycles. The van der Waals surface area contributed by atoms with Crippen LogP contribution in [0.25, 0.3) is 0 Å². The smallest absolute Gasteiger partial charge is 0.0467 e. The Bertz CT molecular complexity index is 307. The van der Waals surface area contributed by atoms with Crippen molar-refractivity contribution in [2.24, 2.45) is 0 Å². The summed E-state index contributed by atoms with van der Waals surface area (Å²) in [6.07, 6.45) is 24.8. The summed E-state index contributed by atoms with van der Waals surface area (Å²) in [4.78, 5) is 0. The SMILES string of the molecule is [CH]=C/C=C/C=C/C=C/C=C/C=C/C=C/C. The van der Waals surface area contributed by atoms with E-state index in [1.165, 1.54) is 6.08 Å². The van der Waals surface area contributed by atoms with Gasteiger partial charge in [0.15, 0.2) is 0 Å². The summed E-state index contributed by atoms with van der Waals surface area (Å²) in [7, 11) is 0. The molecule has 0 aromatic heterocycles. The summed E-state index contributed by atoms with van der Waals surface area (Å²) in [6.45, 7) is 7.15. The molecule has 15 heavy (non-hydrogen) atoms. The molecule has 0 N–H and O–H groups in total. The van der Waals surface area contributed by atoms with E-state index in [0.29, 0.717) is 0 Å². The van der Waals surface area contributed by atoms with Crippen molar-refractivity contribution in [1.82, 2.24) is 0 Å². The van der Waals surface area contributed by atoms with E-state index >= 15 is 0 Å². The maximum atomic E-state index is 5.16. The molecular formula is C15H17. The van der Waals surface area contributed by atoms with Crippen molar-refractivity contribution in [1.29, 1.82) is 0 Å². The highest BCUT2D eigenvalue weighted by Gasteiger charge is 1.62. The molecular weight excluding hydrogens is 180 g/mol. The van der Waals surface area contributed by atoms with E-state index in [1.807, 2.05) is 73.8 Å². The molecule has 77 valence electrons.